The van der Waals surface area contributed by atoms with Gasteiger partial charge < -0.3 is 9.84 Å². The van der Waals surface area contributed by atoms with Gasteiger partial charge in [0.15, 0.2) is 11.6 Å². The molecule has 0 bridgehead atoms. The van der Waals surface area contributed by atoms with Gasteiger partial charge in [0.2, 0.25) is 0 Å². The van der Waals surface area contributed by atoms with Crippen molar-refractivity contribution in [1.82, 2.24) is 0 Å². The molecule has 2 nitrogen and oxygen atoms in total. The summed E-state index contributed by atoms with van der Waals surface area (Å²) < 4.78 is 19.0. The minimum atomic E-state index is -0.655. The van der Waals surface area contributed by atoms with Crippen LogP contribution >= 0.6 is 0 Å². The lowest BCUT2D eigenvalue weighted by atomic mass is 10.1. The third-order valence-corrected chi connectivity index (χ3v) is 2.74. The highest BCUT2D eigenvalue weighted by Gasteiger charge is 2.09. The SMILES string of the molecule is CCCC(C)COc1ccc(C(C)O)cc1F. The normalized spacial score (nSPS) is 14.4. The predicted octanol–water partition coefficient (Wildman–Crippen LogP) is 3.69. The van der Waals surface area contributed by atoms with Gasteiger partial charge in [-0.15, -0.1) is 0 Å². The van der Waals surface area contributed by atoms with E-state index in [0.717, 1.165) is 12.8 Å². The number of ether oxygens (including phenoxy) is 1. The molecule has 2 atom stereocenters. The molecule has 0 saturated heterocycles. The number of benzene rings is 1. The molecule has 0 spiro atoms. The molecule has 1 rings (SSSR count). The Kier molecular flexibility index (Phi) is 5.42. The largest absolute Gasteiger partial charge is 0.490 e. The number of aliphatic hydroxyl groups is 1. The van der Waals surface area contributed by atoms with Crippen LogP contribution in [0.2, 0.25) is 0 Å². The summed E-state index contributed by atoms with van der Waals surface area (Å²) in [4.78, 5) is 0. The van der Waals surface area contributed by atoms with Crippen LogP contribution in [-0.2, 0) is 0 Å². The van der Waals surface area contributed by atoms with E-state index in [2.05, 4.69) is 13.8 Å². The van der Waals surface area contributed by atoms with Crippen molar-refractivity contribution in [3.63, 3.8) is 0 Å². The highest BCUT2D eigenvalue weighted by atomic mass is 19.1. The Hall–Kier alpha value is -1.09. The standard InChI is InChI=1S/C14H21FO2/c1-4-5-10(2)9-17-14-7-6-12(11(3)16)8-13(14)15/h6-8,10-11,16H,4-5,9H2,1-3H3. The Morgan fingerprint density at radius 2 is 2.06 bits per heavy atom. The Balaban J connectivity index is 2.60. The summed E-state index contributed by atoms with van der Waals surface area (Å²) >= 11 is 0. The third kappa shape index (κ3) is 4.35. The lowest BCUT2D eigenvalue weighted by Gasteiger charge is -2.13. The van der Waals surface area contributed by atoms with Gasteiger partial charge in [-0.3, -0.25) is 0 Å². The maximum Gasteiger partial charge on any atom is 0.165 e. The molecule has 0 aliphatic carbocycles. The fourth-order valence-electron chi connectivity index (χ4n) is 1.70. The molecule has 0 heterocycles. The van der Waals surface area contributed by atoms with Crippen LogP contribution < -0.4 is 4.74 Å². The van der Waals surface area contributed by atoms with Crippen molar-refractivity contribution in [2.45, 2.75) is 39.7 Å². The molecule has 0 radical (unpaired) electrons. The van der Waals surface area contributed by atoms with Gasteiger partial charge in [0, 0.05) is 0 Å². The average Bonchev–Trinajstić information content (AvgIpc) is 2.27. The third-order valence-electron chi connectivity index (χ3n) is 2.74. The monoisotopic (exact) mass is 240 g/mol. The summed E-state index contributed by atoms with van der Waals surface area (Å²) in [6.07, 6.45) is 1.53. The minimum absolute atomic E-state index is 0.261. The van der Waals surface area contributed by atoms with Crippen LogP contribution in [0.5, 0.6) is 5.75 Å². The smallest absolute Gasteiger partial charge is 0.165 e. The minimum Gasteiger partial charge on any atom is -0.490 e. The highest BCUT2D eigenvalue weighted by molar-refractivity contribution is 5.30. The average molecular weight is 240 g/mol. The van der Waals surface area contributed by atoms with Crippen LogP contribution in [0.4, 0.5) is 4.39 Å². The zero-order valence-corrected chi connectivity index (χ0v) is 10.7. The molecule has 1 aromatic carbocycles. The van der Waals surface area contributed by atoms with Crippen LogP contribution in [0.15, 0.2) is 18.2 Å². The van der Waals surface area contributed by atoms with Gasteiger partial charge in [-0.2, -0.15) is 0 Å². The van der Waals surface area contributed by atoms with Gasteiger partial charge in [-0.25, -0.2) is 4.39 Å². The number of hydrogen-bond acceptors (Lipinski definition) is 2. The molecule has 17 heavy (non-hydrogen) atoms. The highest BCUT2D eigenvalue weighted by Crippen LogP contribution is 2.22. The van der Waals surface area contributed by atoms with E-state index in [9.17, 15) is 9.50 Å². The first-order valence-corrected chi connectivity index (χ1v) is 6.14. The second-order valence-electron chi connectivity index (χ2n) is 4.57. The Morgan fingerprint density at radius 1 is 1.35 bits per heavy atom. The zero-order chi connectivity index (χ0) is 12.8. The molecule has 3 heteroatoms. The molecule has 0 amide bonds. The van der Waals surface area contributed by atoms with Gasteiger partial charge in [0.25, 0.3) is 0 Å². The van der Waals surface area contributed by atoms with Crippen molar-refractivity contribution in [3.05, 3.63) is 29.6 Å². The van der Waals surface area contributed by atoms with Gasteiger partial charge in [-0.05, 0) is 37.0 Å². The van der Waals surface area contributed by atoms with E-state index in [1.165, 1.54) is 6.07 Å². The molecule has 0 aromatic heterocycles. The molecule has 2 unspecified atom stereocenters. The van der Waals surface area contributed by atoms with E-state index < -0.39 is 11.9 Å². The quantitative estimate of drug-likeness (QED) is 0.821. The Morgan fingerprint density at radius 3 is 2.59 bits per heavy atom. The fourth-order valence-corrected chi connectivity index (χ4v) is 1.70. The number of halogens is 1. The second kappa shape index (κ2) is 6.60. The fraction of sp³-hybridized carbons (Fsp3) is 0.571. The van der Waals surface area contributed by atoms with Crippen LogP contribution in [-0.4, -0.2) is 11.7 Å². The van der Waals surface area contributed by atoms with Gasteiger partial charge in [0.05, 0.1) is 12.7 Å². The van der Waals surface area contributed by atoms with Crippen LogP contribution in [0.1, 0.15) is 45.3 Å². The van der Waals surface area contributed by atoms with Crippen molar-refractivity contribution in [1.29, 1.82) is 0 Å². The first-order chi connectivity index (χ1) is 8.04. The lowest BCUT2D eigenvalue weighted by molar-refractivity contribution is 0.198. The van der Waals surface area contributed by atoms with Crippen LogP contribution in [0, 0.1) is 11.7 Å². The lowest BCUT2D eigenvalue weighted by Crippen LogP contribution is -2.09. The molecular weight excluding hydrogens is 219 g/mol. The van der Waals surface area contributed by atoms with E-state index in [4.69, 9.17) is 4.74 Å². The molecule has 0 fully saturated rings. The van der Waals surface area contributed by atoms with E-state index in [0.29, 0.717) is 18.1 Å². The summed E-state index contributed by atoms with van der Waals surface area (Å²) in [5.74, 6) is 0.278. The molecule has 1 aromatic rings. The number of rotatable bonds is 6. The summed E-state index contributed by atoms with van der Waals surface area (Å²) in [6.45, 7) is 6.34. The van der Waals surface area contributed by atoms with E-state index in [1.54, 1.807) is 19.1 Å². The van der Waals surface area contributed by atoms with Crippen molar-refractivity contribution < 1.29 is 14.2 Å². The Labute approximate surface area is 102 Å². The van der Waals surface area contributed by atoms with Crippen molar-refractivity contribution in [2.24, 2.45) is 5.92 Å². The van der Waals surface area contributed by atoms with E-state index in [1.807, 2.05) is 0 Å². The van der Waals surface area contributed by atoms with E-state index >= 15 is 0 Å². The topological polar surface area (TPSA) is 29.5 Å². The second-order valence-corrected chi connectivity index (χ2v) is 4.57. The molecule has 0 aliphatic heterocycles. The maximum absolute atomic E-state index is 13.6. The molecule has 0 saturated carbocycles. The van der Waals surface area contributed by atoms with Gasteiger partial charge in [0.1, 0.15) is 0 Å². The van der Waals surface area contributed by atoms with Gasteiger partial charge in [-0.1, -0.05) is 26.3 Å². The first kappa shape index (κ1) is 14.0. The summed E-state index contributed by atoms with van der Waals surface area (Å²) in [7, 11) is 0. The molecule has 1 N–H and O–H groups in total. The maximum atomic E-state index is 13.6. The summed E-state index contributed by atoms with van der Waals surface area (Å²) in [6, 6.07) is 4.59. The van der Waals surface area contributed by atoms with Crippen molar-refractivity contribution in [2.75, 3.05) is 6.61 Å². The predicted molar refractivity (Wildman–Crippen MR) is 66.6 cm³/mol. The van der Waals surface area contributed by atoms with Crippen molar-refractivity contribution in [3.8, 4) is 5.75 Å². The summed E-state index contributed by atoms with van der Waals surface area (Å²) in [5.41, 5.74) is 0.566. The number of hydrogen-bond donors (Lipinski definition) is 1. The van der Waals surface area contributed by atoms with Crippen molar-refractivity contribution >= 4 is 0 Å². The molecule has 0 aliphatic rings. The van der Waals surface area contributed by atoms with Crippen LogP contribution in [0.25, 0.3) is 0 Å². The van der Waals surface area contributed by atoms with E-state index in [-0.39, 0.29) is 5.75 Å². The van der Waals surface area contributed by atoms with Gasteiger partial charge >= 0.3 is 0 Å². The first-order valence-electron chi connectivity index (χ1n) is 6.14. The molecule has 96 valence electrons. The molecular formula is C14H21FO2. The number of aliphatic hydroxyl groups excluding tert-OH is 1. The Bertz CT molecular complexity index is 350. The zero-order valence-electron chi connectivity index (χ0n) is 10.7. The van der Waals surface area contributed by atoms with Crippen LogP contribution in [0.3, 0.4) is 0 Å². The summed E-state index contributed by atoms with van der Waals surface area (Å²) in [5, 5.41) is 9.32.